The van der Waals surface area contributed by atoms with Crippen LogP contribution in [-0.4, -0.2) is 65.2 Å². The number of aromatic nitrogens is 2. The van der Waals surface area contributed by atoms with E-state index in [9.17, 15) is 9.59 Å². The molecule has 0 bridgehead atoms. The van der Waals surface area contributed by atoms with Crippen molar-refractivity contribution in [3.8, 4) is 0 Å². The monoisotopic (exact) mass is 348 g/mol. The highest BCUT2D eigenvalue weighted by Crippen LogP contribution is 2.33. The molecule has 7 nitrogen and oxygen atoms in total. The summed E-state index contributed by atoms with van der Waals surface area (Å²) in [5.41, 5.74) is 1.32. The van der Waals surface area contributed by atoms with Crippen LogP contribution in [0.3, 0.4) is 0 Å². The molecule has 25 heavy (non-hydrogen) atoms. The van der Waals surface area contributed by atoms with Gasteiger partial charge in [0.05, 0.1) is 36.0 Å². The van der Waals surface area contributed by atoms with E-state index in [1.807, 2.05) is 4.90 Å². The molecular weight excluding hydrogens is 320 g/mol. The highest BCUT2D eigenvalue weighted by Gasteiger charge is 2.33. The van der Waals surface area contributed by atoms with Crippen molar-refractivity contribution in [1.82, 2.24) is 20.0 Å². The van der Waals surface area contributed by atoms with Crippen molar-refractivity contribution in [2.75, 3.05) is 27.2 Å². The molecule has 1 N–H and O–H groups in total. The molecule has 7 heteroatoms. The van der Waals surface area contributed by atoms with Crippen LogP contribution >= 0.6 is 0 Å². The van der Waals surface area contributed by atoms with Crippen LogP contribution in [0.5, 0.6) is 0 Å². The largest absolute Gasteiger partial charge is 0.378 e. The number of rotatable bonds is 4. The fourth-order valence-electron chi connectivity index (χ4n) is 3.77. The van der Waals surface area contributed by atoms with Gasteiger partial charge in [0.2, 0.25) is 5.91 Å². The normalized spacial score (nSPS) is 24.2. The number of H-pyrrole nitrogens is 1. The van der Waals surface area contributed by atoms with Crippen LogP contribution in [0.1, 0.15) is 67.0 Å². The summed E-state index contributed by atoms with van der Waals surface area (Å²) in [6, 6.07) is -0.105. The van der Waals surface area contributed by atoms with Crippen molar-refractivity contribution in [2.45, 2.75) is 57.1 Å². The van der Waals surface area contributed by atoms with Crippen LogP contribution in [0.15, 0.2) is 6.20 Å². The minimum atomic E-state index is -0.105. The Morgan fingerprint density at radius 3 is 2.80 bits per heavy atom. The van der Waals surface area contributed by atoms with E-state index in [4.69, 9.17) is 4.74 Å². The lowest BCUT2D eigenvalue weighted by atomic mass is 9.95. The molecule has 2 atom stereocenters. The zero-order valence-electron chi connectivity index (χ0n) is 15.2. The highest BCUT2D eigenvalue weighted by molar-refractivity contribution is 5.95. The van der Waals surface area contributed by atoms with E-state index < -0.39 is 0 Å². The van der Waals surface area contributed by atoms with Crippen LogP contribution in [0, 0.1) is 0 Å². The molecule has 0 saturated carbocycles. The standard InChI is InChI=1S/C18H28N4O3/c1-21(2)18(24)14-12-19-20-17(14)15-8-3-5-9-22(15)16(23)11-13-7-4-6-10-25-13/h12-13,15H,3-11H2,1-2H3,(H,19,20)/t13-,15-/m1/s1. The molecule has 1 aromatic rings. The maximum Gasteiger partial charge on any atom is 0.256 e. The summed E-state index contributed by atoms with van der Waals surface area (Å²) in [6.07, 6.45) is 8.10. The van der Waals surface area contributed by atoms with Crippen LogP contribution in [0.2, 0.25) is 0 Å². The molecule has 0 aliphatic carbocycles. The Kier molecular flexibility index (Phi) is 5.73. The Morgan fingerprint density at radius 2 is 2.08 bits per heavy atom. The summed E-state index contributed by atoms with van der Waals surface area (Å²) in [5.74, 6) is 0.0341. The van der Waals surface area contributed by atoms with Gasteiger partial charge in [0.15, 0.2) is 0 Å². The molecule has 1 aromatic heterocycles. The van der Waals surface area contributed by atoms with E-state index in [0.29, 0.717) is 12.0 Å². The van der Waals surface area contributed by atoms with E-state index in [-0.39, 0.29) is 24.0 Å². The van der Waals surface area contributed by atoms with Gasteiger partial charge >= 0.3 is 0 Å². The first kappa shape index (κ1) is 17.9. The fraction of sp³-hybridized carbons (Fsp3) is 0.722. The predicted molar refractivity (Wildman–Crippen MR) is 93.1 cm³/mol. The number of aromatic amines is 1. The predicted octanol–water partition coefficient (Wildman–Crippen LogP) is 2.12. The van der Waals surface area contributed by atoms with Crippen molar-refractivity contribution >= 4 is 11.8 Å². The minimum Gasteiger partial charge on any atom is -0.378 e. The quantitative estimate of drug-likeness (QED) is 0.904. The van der Waals surface area contributed by atoms with Gasteiger partial charge in [-0.05, 0) is 38.5 Å². The summed E-state index contributed by atoms with van der Waals surface area (Å²) in [6.45, 7) is 1.48. The summed E-state index contributed by atoms with van der Waals surface area (Å²) in [7, 11) is 3.45. The zero-order valence-corrected chi connectivity index (χ0v) is 15.2. The molecule has 2 amide bonds. The Labute approximate surface area is 148 Å². The van der Waals surface area contributed by atoms with Crippen LogP contribution in [-0.2, 0) is 9.53 Å². The van der Waals surface area contributed by atoms with Crippen molar-refractivity contribution in [1.29, 1.82) is 0 Å². The van der Waals surface area contributed by atoms with Gasteiger partial charge in [-0.25, -0.2) is 0 Å². The van der Waals surface area contributed by atoms with Crippen molar-refractivity contribution < 1.29 is 14.3 Å². The van der Waals surface area contributed by atoms with Crippen molar-refractivity contribution in [3.63, 3.8) is 0 Å². The average Bonchev–Trinajstić information content (AvgIpc) is 3.11. The van der Waals surface area contributed by atoms with Crippen LogP contribution < -0.4 is 0 Å². The molecule has 0 spiro atoms. The Morgan fingerprint density at radius 1 is 1.28 bits per heavy atom. The Balaban J connectivity index is 1.76. The maximum atomic E-state index is 12.9. The second-order valence-electron chi connectivity index (χ2n) is 7.19. The topological polar surface area (TPSA) is 78.5 Å². The zero-order chi connectivity index (χ0) is 17.8. The molecule has 2 fully saturated rings. The highest BCUT2D eigenvalue weighted by atomic mass is 16.5. The first-order valence-corrected chi connectivity index (χ1v) is 9.24. The summed E-state index contributed by atoms with van der Waals surface area (Å²) in [5, 5.41) is 7.05. The van der Waals surface area contributed by atoms with E-state index in [1.165, 1.54) is 0 Å². The maximum absolute atomic E-state index is 12.9. The number of hydrogen-bond donors (Lipinski definition) is 1. The first-order chi connectivity index (χ1) is 12.1. The van der Waals surface area contributed by atoms with Gasteiger partial charge in [-0.15, -0.1) is 0 Å². The second-order valence-corrected chi connectivity index (χ2v) is 7.19. The number of nitrogens with one attached hydrogen (secondary N) is 1. The van der Waals surface area contributed by atoms with Crippen molar-refractivity contribution in [3.05, 3.63) is 17.5 Å². The van der Waals surface area contributed by atoms with Gasteiger partial charge in [-0.2, -0.15) is 5.10 Å². The third-order valence-corrected chi connectivity index (χ3v) is 5.14. The average molecular weight is 348 g/mol. The number of nitrogens with zero attached hydrogens (tertiary/aromatic N) is 3. The van der Waals surface area contributed by atoms with Crippen LogP contribution in [0.4, 0.5) is 0 Å². The Bertz CT molecular complexity index is 607. The Hall–Kier alpha value is -1.89. The third-order valence-electron chi connectivity index (χ3n) is 5.14. The van der Waals surface area contributed by atoms with Gasteiger partial charge in [0.25, 0.3) is 5.91 Å². The van der Waals surface area contributed by atoms with Crippen molar-refractivity contribution in [2.24, 2.45) is 0 Å². The first-order valence-electron chi connectivity index (χ1n) is 9.24. The summed E-state index contributed by atoms with van der Waals surface area (Å²) in [4.78, 5) is 28.8. The summed E-state index contributed by atoms with van der Waals surface area (Å²) < 4.78 is 5.73. The number of amides is 2. The number of carbonyl (C=O) groups is 2. The van der Waals surface area contributed by atoms with Gasteiger partial charge in [-0.3, -0.25) is 14.7 Å². The van der Waals surface area contributed by atoms with E-state index in [2.05, 4.69) is 10.2 Å². The fourth-order valence-corrected chi connectivity index (χ4v) is 3.77. The number of piperidine rings is 1. The summed E-state index contributed by atoms with van der Waals surface area (Å²) >= 11 is 0. The molecule has 138 valence electrons. The number of ether oxygens (including phenoxy) is 1. The number of carbonyl (C=O) groups excluding carboxylic acids is 2. The van der Waals surface area contributed by atoms with Gasteiger partial charge in [0, 0.05) is 27.2 Å². The molecule has 3 rings (SSSR count). The molecule has 2 saturated heterocycles. The number of likely N-dealkylation sites (tertiary alicyclic amines) is 1. The van der Waals surface area contributed by atoms with Gasteiger partial charge < -0.3 is 14.5 Å². The lowest BCUT2D eigenvalue weighted by molar-refractivity contribution is -0.139. The molecule has 0 radical (unpaired) electrons. The van der Waals surface area contributed by atoms with E-state index in [0.717, 1.165) is 57.4 Å². The molecule has 2 aliphatic heterocycles. The molecular formula is C18H28N4O3. The smallest absolute Gasteiger partial charge is 0.256 e. The molecule has 0 unspecified atom stereocenters. The third kappa shape index (κ3) is 4.03. The SMILES string of the molecule is CN(C)C(=O)c1cn[nH]c1[C@H]1CCCCN1C(=O)C[C@H]1CCCCO1. The van der Waals surface area contributed by atoms with Gasteiger partial charge in [0.1, 0.15) is 0 Å². The lowest BCUT2D eigenvalue weighted by Crippen LogP contribution is -2.41. The molecule has 3 heterocycles. The van der Waals surface area contributed by atoms with E-state index >= 15 is 0 Å². The molecule has 2 aliphatic rings. The lowest BCUT2D eigenvalue weighted by Gasteiger charge is -2.37. The minimum absolute atomic E-state index is 0.0356. The van der Waals surface area contributed by atoms with Gasteiger partial charge in [-0.1, -0.05) is 0 Å². The van der Waals surface area contributed by atoms with E-state index in [1.54, 1.807) is 25.2 Å². The second kappa shape index (κ2) is 7.99. The number of hydrogen-bond acceptors (Lipinski definition) is 4. The molecule has 0 aromatic carbocycles. The van der Waals surface area contributed by atoms with Crippen LogP contribution in [0.25, 0.3) is 0 Å².